The second-order valence-corrected chi connectivity index (χ2v) is 5.17. The van der Waals surface area contributed by atoms with E-state index >= 15 is 0 Å². The first-order valence-electron chi connectivity index (χ1n) is 5.87. The Hall–Kier alpha value is -1.78. The molecule has 0 atom stereocenters. The number of benzene rings is 1. The minimum Gasteiger partial charge on any atom is -0.378 e. The van der Waals surface area contributed by atoms with E-state index in [9.17, 15) is 4.79 Å². The van der Waals surface area contributed by atoms with Crippen molar-refractivity contribution in [1.82, 2.24) is 4.98 Å². The molecule has 104 valence electrons. The number of carbonyl (C=O) groups is 1. The molecule has 0 bridgehead atoms. The predicted octanol–water partition coefficient (Wildman–Crippen LogP) is 3.71. The molecule has 0 saturated carbocycles. The third kappa shape index (κ3) is 3.62. The maximum Gasteiger partial charge on any atom is 0.255 e. The molecule has 1 aromatic carbocycles. The van der Waals surface area contributed by atoms with Crippen LogP contribution in [0.4, 0.5) is 11.4 Å². The molecule has 2 rings (SSSR count). The number of carbonyl (C=O) groups excluding carboxylic acids is 1. The Labute approximate surface area is 127 Å². The van der Waals surface area contributed by atoms with Crippen LogP contribution in [0.1, 0.15) is 10.4 Å². The molecule has 1 N–H and O–H groups in total. The summed E-state index contributed by atoms with van der Waals surface area (Å²) in [6.45, 7) is 0. The molecule has 1 amide bonds. The third-order valence-electron chi connectivity index (χ3n) is 2.67. The summed E-state index contributed by atoms with van der Waals surface area (Å²) in [5.74, 6) is -0.284. The topological polar surface area (TPSA) is 45.2 Å². The van der Waals surface area contributed by atoms with Crippen LogP contribution < -0.4 is 10.2 Å². The Morgan fingerprint density at radius 1 is 1.10 bits per heavy atom. The van der Waals surface area contributed by atoms with Gasteiger partial charge in [0.05, 0.1) is 0 Å². The fourth-order valence-electron chi connectivity index (χ4n) is 1.64. The molecule has 0 radical (unpaired) electrons. The summed E-state index contributed by atoms with van der Waals surface area (Å²) in [6, 6.07) is 10.4. The molecule has 1 heterocycles. The van der Waals surface area contributed by atoms with Gasteiger partial charge in [-0.2, -0.15) is 0 Å². The highest BCUT2D eigenvalue weighted by atomic mass is 35.5. The van der Waals surface area contributed by atoms with Gasteiger partial charge in [-0.3, -0.25) is 4.79 Å². The van der Waals surface area contributed by atoms with Gasteiger partial charge in [-0.15, -0.1) is 0 Å². The number of nitrogens with zero attached hydrogens (tertiary/aromatic N) is 2. The van der Waals surface area contributed by atoms with Crippen molar-refractivity contribution in [2.45, 2.75) is 0 Å². The second-order valence-electron chi connectivity index (χ2n) is 4.40. The first-order valence-corrected chi connectivity index (χ1v) is 6.63. The van der Waals surface area contributed by atoms with Crippen LogP contribution in [0, 0.1) is 0 Å². The highest BCUT2D eigenvalue weighted by molar-refractivity contribution is 6.33. The quantitative estimate of drug-likeness (QED) is 0.879. The maximum absolute atomic E-state index is 12.1. The van der Waals surface area contributed by atoms with Gasteiger partial charge in [-0.1, -0.05) is 23.2 Å². The highest BCUT2D eigenvalue weighted by Gasteiger charge is 2.09. The average Bonchev–Trinajstić information content (AvgIpc) is 2.38. The second kappa shape index (κ2) is 6.11. The predicted molar refractivity (Wildman–Crippen MR) is 83.0 cm³/mol. The number of rotatable bonds is 3. The van der Waals surface area contributed by atoms with E-state index in [1.54, 1.807) is 0 Å². The summed E-state index contributed by atoms with van der Waals surface area (Å²) in [6.07, 6.45) is 0. The fourth-order valence-corrected chi connectivity index (χ4v) is 2.10. The van der Waals surface area contributed by atoms with Crippen molar-refractivity contribution in [3.8, 4) is 0 Å². The lowest BCUT2D eigenvalue weighted by Gasteiger charge is -2.13. The van der Waals surface area contributed by atoms with Crippen LogP contribution in [-0.2, 0) is 0 Å². The van der Waals surface area contributed by atoms with E-state index in [1.807, 2.05) is 43.3 Å². The number of nitrogens with one attached hydrogen (secondary N) is 1. The molecule has 0 aliphatic rings. The van der Waals surface area contributed by atoms with Gasteiger partial charge < -0.3 is 10.2 Å². The van der Waals surface area contributed by atoms with E-state index in [0.29, 0.717) is 11.3 Å². The minimum absolute atomic E-state index is 0.186. The lowest BCUT2D eigenvalue weighted by Crippen LogP contribution is -2.13. The summed E-state index contributed by atoms with van der Waals surface area (Å²) in [7, 11) is 3.91. The van der Waals surface area contributed by atoms with E-state index < -0.39 is 0 Å². The van der Waals surface area contributed by atoms with Crippen LogP contribution in [0.5, 0.6) is 0 Å². The van der Waals surface area contributed by atoms with Crippen LogP contribution in [-0.4, -0.2) is 25.0 Å². The van der Waals surface area contributed by atoms with Gasteiger partial charge in [-0.25, -0.2) is 4.98 Å². The number of anilines is 2. The van der Waals surface area contributed by atoms with Crippen LogP contribution in [0.2, 0.25) is 10.3 Å². The van der Waals surface area contributed by atoms with Crippen LogP contribution in [0.15, 0.2) is 36.4 Å². The van der Waals surface area contributed by atoms with Gasteiger partial charge in [-0.05, 0) is 36.4 Å². The summed E-state index contributed by atoms with van der Waals surface area (Å²) >= 11 is 11.5. The van der Waals surface area contributed by atoms with E-state index in [1.165, 1.54) is 12.1 Å². The summed E-state index contributed by atoms with van der Waals surface area (Å²) in [4.78, 5) is 17.9. The molecule has 2 aromatic rings. The van der Waals surface area contributed by atoms with Gasteiger partial charge in [0, 0.05) is 31.0 Å². The van der Waals surface area contributed by atoms with Gasteiger partial charge in [0.2, 0.25) is 0 Å². The average molecular weight is 310 g/mol. The van der Waals surface area contributed by atoms with Crippen molar-refractivity contribution in [3.05, 3.63) is 52.3 Å². The molecule has 0 fully saturated rings. The van der Waals surface area contributed by atoms with Gasteiger partial charge in [0.15, 0.2) is 0 Å². The van der Waals surface area contributed by atoms with E-state index in [4.69, 9.17) is 23.2 Å². The smallest absolute Gasteiger partial charge is 0.255 e. The molecular weight excluding hydrogens is 297 g/mol. The number of amides is 1. The molecule has 0 aliphatic carbocycles. The number of pyridine rings is 1. The summed E-state index contributed by atoms with van der Waals surface area (Å²) in [5.41, 5.74) is 2.12. The van der Waals surface area contributed by atoms with Crippen LogP contribution >= 0.6 is 23.2 Å². The van der Waals surface area contributed by atoms with E-state index in [2.05, 4.69) is 10.3 Å². The standard InChI is InChI=1S/C14H13Cl2N3O/c1-19(2)11-5-3-10(4-6-11)17-14(20)9-7-12(15)18-13(16)8-9/h3-8H,1-2H3,(H,17,20). The monoisotopic (exact) mass is 309 g/mol. The molecule has 0 spiro atoms. The molecule has 20 heavy (non-hydrogen) atoms. The molecular formula is C14H13Cl2N3O. The van der Waals surface area contributed by atoms with Gasteiger partial charge in [0.1, 0.15) is 10.3 Å². The summed E-state index contributed by atoms with van der Waals surface area (Å²) in [5, 5.41) is 3.15. The fraction of sp³-hybridized carbons (Fsp3) is 0.143. The summed E-state index contributed by atoms with van der Waals surface area (Å²) < 4.78 is 0. The Kier molecular flexibility index (Phi) is 4.47. The lowest BCUT2D eigenvalue weighted by molar-refractivity contribution is 0.102. The Morgan fingerprint density at radius 2 is 1.65 bits per heavy atom. The SMILES string of the molecule is CN(C)c1ccc(NC(=O)c2cc(Cl)nc(Cl)c2)cc1. The number of halogens is 2. The van der Waals surface area contributed by atoms with Crippen molar-refractivity contribution in [3.63, 3.8) is 0 Å². The Balaban J connectivity index is 2.14. The molecule has 0 unspecified atom stereocenters. The molecule has 6 heteroatoms. The van der Waals surface area contributed by atoms with E-state index in [0.717, 1.165) is 5.69 Å². The Morgan fingerprint density at radius 3 is 2.15 bits per heavy atom. The van der Waals surface area contributed by atoms with Crippen molar-refractivity contribution >= 4 is 40.5 Å². The third-order valence-corrected chi connectivity index (χ3v) is 3.05. The largest absolute Gasteiger partial charge is 0.378 e. The normalized spacial score (nSPS) is 10.2. The maximum atomic E-state index is 12.1. The number of hydrogen-bond acceptors (Lipinski definition) is 3. The molecule has 4 nitrogen and oxygen atoms in total. The van der Waals surface area contributed by atoms with E-state index in [-0.39, 0.29) is 16.2 Å². The van der Waals surface area contributed by atoms with Crippen molar-refractivity contribution in [1.29, 1.82) is 0 Å². The van der Waals surface area contributed by atoms with Gasteiger partial charge in [0.25, 0.3) is 5.91 Å². The zero-order chi connectivity index (χ0) is 14.7. The molecule has 0 aliphatic heterocycles. The number of aromatic nitrogens is 1. The lowest BCUT2D eigenvalue weighted by atomic mass is 10.2. The minimum atomic E-state index is -0.284. The highest BCUT2D eigenvalue weighted by Crippen LogP contribution is 2.18. The zero-order valence-corrected chi connectivity index (χ0v) is 12.5. The van der Waals surface area contributed by atoms with Crippen molar-refractivity contribution in [2.24, 2.45) is 0 Å². The zero-order valence-electron chi connectivity index (χ0n) is 11.0. The van der Waals surface area contributed by atoms with Crippen molar-refractivity contribution in [2.75, 3.05) is 24.3 Å². The molecule has 1 aromatic heterocycles. The first kappa shape index (κ1) is 14.6. The van der Waals surface area contributed by atoms with Crippen LogP contribution in [0.25, 0.3) is 0 Å². The van der Waals surface area contributed by atoms with Crippen LogP contribution in [0.3, 0.4) is 0 Å². The number of hydrogen-bond donors (Lipinski definition) is 1. The molecule has 0 saturated heterocycles. The van der Waals surface area contributed by atoms with Gasteiger partial charge >= 0.3 is 0 Å². The Bertz CT molecular complexity index is 607. The van der Waals surface area contributed by atoms with Crippen molar-refractivity contribution < 1.29 is 4.79 Å². The first-order chi connectivity index (χ1) is 9.45.